The van der Waals surface area contributed by atoms with Crippen molar-refractivity contribution in [3.8, 4) is 6.57 Å². The van der Waals surface area contributed by atoms with Crippen molar-refractivity contribution < 1.29 is 0 Å². The van der Waals surface area contributed by atoms with E-state index in [4.69, 9.17) is 5.26 Å². The van der Waals surface area contributed by atoms with E-state index in [1.165, 1.54) is 38.8 Å². The third-order valence-electron chi connectivity index (χ3n) is 2.53. The van der Waals surface area contributed by atoms with Crippen LogP contribution in [-0.2, 0) is 0 Å². The van der Waals surface area contributed by atoms with Crippen molar-refractivity contribution in [3.63, 3.8) is 0 Å². The Bertz CT molecular complexity index is 120. The molecule has 1 unspecified atom stereocenters. The molecule has 0 amide bonds. The van der Waals surface area contributed by atoms with E-state index in [0.29, 0.717) is 0 Å². The molecule has 0 radical (unpaired) electrons. The minimum atomic E-state index is 0.926. The van der Waals surface area contributed by atoms with Gasteiger partial charge in [-0.05, 0) is 32.4 Å². The number of nitrogens with zero attached hydrogens (tertiary/aromatic N) is 2. The van der Waals surface area contributed by atoms with Crippen LogP contribution in [0, 0.1) is 11.8 Å². The lowest BCUT2D eigenvalue weighted by atomic mass is 10.1. The van der Waals surface area contributed by atoms with Gasteiger partial charge in [0.05, 0.1) is 0 Å². The van der Waals surface area contributed by atoms with E-state index < -0.39 is 0 Å². The maximum Gasteiger partial charge on any atom is 0.0462 e. The third kappa shape index (κ3) is 3.23. The number of nitriles is 1. The zero-order valence-corrected chi connectivity index (χ0v) is 8.29. The van der Waals surface area contributed by atoms with E-state index >= 15 is 0 Å². The molecule has 0 N–H and O–H groups in total. The van der Waals surface area contributed by atoms with Gasteiger partial charge in [0.25, 0.3) is 0 Å². The van der Waals surface area contributed by atoms with Crippen LogP contribution in [0.2, 0.25) is 0 Å². The van der Waals surface area contributed by atoms with Crippen LogP contribution in [0.5, 0.6) is 0 Å². The summed E-state index contributed by atoms with van der Waals surface area (Å²) in [7, 11) is 0. The highest BCUT2D eigenvalue weighted by molar-refractivity contribution is 4.77. The first-order chi connectivity index (χ1) is 5.88. The number of likely N-dealkylation sites (tertiary alicyclic amines) is 1. The van der Waals surface area contributed by atoms with Gasteiger partial charge in [-0.1, -0.05) is 20.3 Å². The molecule has 0 bridgehead atoms. The summed E-state index contributed by atoms with van der Waals surface area (Å²) in [5.74, 6) is 0. The van der Waals surface area contributed by atoms with Gasteiger partial charge in [-0.3, -0.25) is 0 Å². The summed E-state index contributed by atoms with van der Waals surface area (Å²) in [4.78, 5) is 2.61. The first kappa shape index (κ1) is 11.4. The normalized spacial score (nSPS) is 23.2. The number of hydrogen-bond acceptors (Lipinski definition) is 2. The molecule has 0 aromatic heterocycles. The maximum atomic E-state index is 6.50. The minimum Gasteiger partial charge on any atom is -0.301 e. The van der Waals surface area contributed by atoms with Crippen molar-refractivity contribution in [1.82, 2.24) is 4.90 Å². The van der Waals surface area contributed by atoms with Gasteiger partial charge >= 0.3 is 0 Å². The van der Waals surface area contributed by atoms with Crippen LogP contribution in [0.4, 0.5) is 0 Å². The summed E-state index contributed by atoms with van der Waals surface area (Å²) in [6.45, 7) is 10.7. The van der Waals surface area contributed by atoms with Gasteiger partial charge in [0.15, 0.2) is 0 Å². The van der Waals surface area contributed by atoms with E-state index in [2.05, 4.69) is 25.3 Å². The second kappa shape index (κ2) is 7.12. The number of hydrogen-bond donors (Lipinski definition) is 0. The summed E-state index contributed by atoms with van der Waals surface area (Å²) < 4.78 is 0. The lowest BCUT2D eigenvalue weighted by molar-refractivity contribution is 0.254. The average molecular weight is 168 g/mol. The van der Waals surface area contributed by atoms with Crippen molar-refractivity contribution in [2.45, 2.75) is 45.6 Å². The monoisotopic (exact) mass is 168 g/mol. The molecular weight excluding hydrogens is 148 g/mol. The summed E-state index contributed by atoms with van der Waals surface area (Å²) in [6.07, 6.45) is 5.63. The molecule has 2 nitrogen and oxygen atoms in total. The quantitative estimate of drug-likeness (QED) is 0.647. The van der Waals surface area contributed by atoms with E-state index in [1.54, 1.807) is 0 Å². The Hall–Kier alpha value is -0.550. The highest BCUT2D eigenvalue weighted by Gasteiger charge is 2.21. The lowest BCUT2D eigenvalue weighted by Gasteiger charge is -2.21. The molecule has 0 aromatic rings. The molecule has 70 valence electrons. The fourth-order valence-corrected chi connectivity index (χ4v) is 1.97. The van der Waals surface area contributed by atoms with Crippen LogP contribution >= 0.6 is 0 Å². The van der Waals surface area contributed by atoms with E-state index in [9.17, 15) is 0 Å². The fraction of sp³-hybridized carbons (Fsp3) is 0.900. The Kier molecular flexibility index (Phi) is 6.79. The molecule has 1 aliphatic heterocycles. The summed E-state index contributed by atoms with van der Waals surface area (Å²) in [6, 6.07) is 0.926. The molecule has 1 aliphatic rings. The van der Waals surface area contributed by atoms with Crippen LogP contribution < -0.4 is 0 Å². The lowest BCUT2D eigenvalue weighted by Crippen LogP contribution is -2.28. The summed E-state index contributed by atoms with van der Waals surface area (Å²) in [5.41, 5.74) is 0. The summed E-state index contributed by atoms with van der Waals surface area (Å²) in [5, 5.41) is 6.50. The SMILES string of the molecule is C#N.CCCC1CCCN1CC. The molecule has 0 saturated carbocycles. The van der Waals surface area contributed by atoms with E-state index in [-0.39, 0.29) is 0 Å². The number of rotatable bonds is 3. The molecule has 0 spiro atoms. The molecule has 12 heavy (non-hydrogen) atoms. The van der Waals surface area contributed by atoms with Crippen molar-refractivity contribution in [2.75, 3.05) is 13.1 Å². The fourth-order valence-electron chi connectivity index (χ4n) is 1.97. The Morgan fingerprint density at radius 1 is 1.42 bits per heavy atom. The molecule has 1 saturated heterocycles. The zero-order chi connectivity index (χ0) is 9.40. The van der Waals surface area contributed by atoms with Crippen LogP contribution in [0.15, 0.2) is 0 Å². The van der Waals surface area contributed by atoms with Gasteiger partial charge in [-0.2, -0.15) is 0 Å². The van der Waals surface area contributed by atoms with Crippen molar-refractivity contribution >= 4 is 0 Å². The molecule has 1 heterocycles. The van der Waals surface area contributed by atoms with Gasteiger partial charge in [-0.15, -0.1) is 0 Å². The third-order valence-corrected chi connectivity index (χ3v) is 2.53. The standard InChI is InChI=1S/C9H19N.CHN/c1-3-6-9-7-5-8-10(9)4-2;1-2/h9H,3-8H2,1-2H3;1H. The van der Waals surface area contributed by atoms with Crippen LogP contribution in [0.3, 0.4) is 0 Å². The van der Waals surface area contributed by atoms with Crippen LogP contribution in [0.1, 0.15) is 39.5 Å². The smallest absolute Gasteiger partial charge is 0.0462 e. The maximum absolute atomic E-state index is 6.50. The highest BCUT2D eigenvalue weighted by Crippen LogP contribution is 2.20. The Morgan fingerprint density at radius 3 is 2.58 bits per heavy atom. The van der Waals surface area contributed by atoms with Crippen molar-refractivity contribution in [2.24, 2.45) is 0 Å². The molecule has 0 aliphatic carbocycles. The second-order valence-corrected chi connectivity index (χ2v) is 3.21. The van der Waals surface area contributed by atoms with Crippen LogP contribution in [-0.4, -0.2) is 24.0 Å². The predicted molar refractivity (Wildman–Crippen MR) is 51.8 cm³/mol. The van der Waals surface area contributed by atoms with E-state index in [0.717, 1.165) is 6.04 Å². The Labute approximate surface area is 76.2 Å². The topological polar surface area (TPSA) is 27.0 Å². The molecular formula is C10H20N2. The van der Waals surface area contributed by atoms with Crippen LogP contribution in [0.25, 0.3) is 0 Å². The Balaban J connectivity index is 0.000000561. The van der Waals surface area contributed by atoms with Gasteiger partial charge < -0.3 is 4.90 Å². The first-order valence-corrected chi connectivity index (χ1v) is 4.88. The summed E-state index contributed by atoms with van der Waals surface area (Å²) >= 11 is 0. The Morgan fingerprint density at radius 2 is 2.08 bits per heavy atom. The average Bonchev–Trinajstić information content (AvgIpc) is 2.56. The van der Waals surface area contributed by atoms with E-state index in [1.807, 2.05) is 0 Å². The molecule has 2 heteroatoms. The minimum absolute atomic E-state index is 0.926. The van der Waals surface area contributed by atoms with Crippen molar-refractivity contribution in [3.05, 3.63) is 0 Å². The molecule has 0 aromatic carbocycles. The molecule has 1 atom stereocenters. The largest absolute Gasteiger partial charge is 0.301 e. The van der Waals surface area contributed by atoms with Crippen molar-refractivity contribution in [1.29, 1.82) is 5.26 Å². The van der Waals surface area contributed by atoms with Gasteiger partial charge in [-0.25, -0.2) is 5.26 Å². The molecule has 1 fully saturated rings. The van der Waals surface area contributed by atoms with Gasteiger partial charge in [0, 0.05) is 12.6 Å². The first-order valence-electron chi connectivity index (χ1n) is 4.88. The van der Waals surface area contributed by atoms with Gasteiger partial charge in [0.1, 0.15) is 0 Å². The zero-order valence-electron chi connectivity index (χ0n) is 8.29. The predicted octanol–water partition coefficient (Wildman–Crippen LogP) is 2.41. The highest BCUT2D eigenvalue weighted by atomic mass is 15.2. The van der Waals surface area contributed by atoms with Gasteiger partial charge in [0.2, 0.25) is 0 Å². The second-order valence-electron chi connectivity index (χ2n) is 3.21. The molecule has 1 rings (SSSR count).